The Hall–Kier alpha value is -1.02. The van der Waals surface area contributed by atoms with E-state index in [9.17, 15) is 0 Å². The minimum atomic E-state index is 0.810. The molecule has 2 heteroatoms. The van der Waals surface area contributed by atoms with Crippen LogP contribution in [0, 0.1) is 0 Å². The second kappa shape index (κ2) is 4.67. The van der Waals surface area contributed by atoms with E-state index in [0.29, 0.717) is 0 Å². The molecule has 2 rings (SSSR count). The summed E-state index contributed by atoms with van der Waals surface area (Å²) >= 11 is 0. The summed E-state index contributed by atoms with van der Waals surface area (Å²) in [5.74, 6) is 1.77. The van der Waals surface area contributed by atoms with E-state index in [-0.39, 0.29) is 0 Å². The van der Waals surface area contributed by atoms with Crippen LogP contribution >= 0.6 is 0 Å². The van der Waals surface area contributed by atoms with Gasteiger partial charge in [-0.25, -0.2) is 0 Å². The summed E-state index contributed by atoms with van der Waals surface area (Å²) in [5.41, 5.74) is 2.91. The van der Waals surface area contributed by atoms with E-state index in [2.05, 4.69) is 30.4 Å². The molecular weight excluding hydrogens is 186 g/mol. The van der Waals surface area contributed by atoms with E-state index < -0.39 is 0 Å². The Morgan fingerprint density at radius 2 is 2.20 bits per heavy atom. The van der Waals surface area contributed by atoms with Gasteiger partial charge in [-0.3, -0.25) is 0 Å². The van der Waals surface area contributed by atoms with Crippen molar-refractivity contribution in [1.29, 1.82) is 0 Å². The number of hydrogen-bond acceptors (Lipinski definition) is 2. The quantitative estimate of drug-likeness (QED) is 0.798. The van der Waals surface area contributed by atoms with E-state index in [0.717, 1.165) is 24.8 Å². The monoisotopic (exact) mass is 205 g/mol. The first kappa shape index (κ1) is 10.5. The molecule has 0 amide bonds. The Morgan fingerprint density at radius 3 is 2.80 bits per heavy atom. The molecule has 15 heavy (non-hydrogen) atoms. The van der Waals surface area contributed by atoms with Gasteiger partial charge in [-0.15, -0.1) is 0 Å². The van der Waals surface area contributed by atoms with E-state index in [4.69, 9.17) is 4.74 Å². The van der Waals surface area contributed by atoms with Crippen molar-refractivity contribution in [2.75, 3.05) is 13.7 Å². The molecule has 1 aliphatic carbocycles. The zero-order valence-electron chi connectivity index (χ0n) is 9.55. The highest BCUT2D eigenvalue weighted by Gasteiger charge is 2.25. The molecule has 1 aliphatic rings. The normalized spacial score (nSPS) is 15.3. The Balaban J connectivity index is 2.20. The second-order valence-corrected chi connectivity index (χ2v) is 4.12. The van der Waals surface area contributed by atoms with Crippen LogP contribution < -0.4 is 10.1 Å². The van der Waals surface area contributed by atoms with E-state index in [1.165, 1.54) is 24.0 Å². The van der Waals surface area contributed by atoms with Crippen LogP contribution in [-0.4, -0.2) is 13.7 Å². The van der Waals surface area contributed by atoms with Gasteiger partial charge in [0.05, 0.1) is 7.11 Å². The smallest absolute Gasteiger partial charge is 0.119 e. The standard InChI is InChI=1S/C13H19NO/c1-3-14-9-11-8-12(15-2)6-7-13(11)10-4-5-10/h6-8,10,14H,3-5,9H2,1-2H3. The Kier molecular flexibility index (Phi) is 3.27. The maximum absolute atomic E-state index is 5.26. The average molecular weight is 205 g/mol. The highest BCUT2D eigenvalue weighted by Crippen LogP contribution is 2.42. The largest absolute Gasteiger partial charge is 0.497 e. The molecule has 2 nitrogen and oxygen atoms in total. The van der Waals surface area contributed by atoms with Gasteiger partial charge in [0, 0.05) is 6.54 Å². The maximum atomic E-state index is 5.26. The molecule has 1 fully saturated rings. The summed E-state index contributed by atoms with van der Waals surface area (Å²) in [6.07, 6.45) is 2.71. The van der Waals surface area contributed by atoms with Gasteiger partial charge < -0.3 is 10.1 Å². The number of nitrogens with one attached hydrogen (secondary N) is 1. The minimum absolute atomic E-state index is 0.810. The van der Waals surface area contributed by atoms with Crippen molar-refractivity contribution in [2.24, 2.45) is 0 Å². The summed E-state index contributed by atoms with van der Waals surface area (Å²) in [6.45, 7) is 4.11. The third-order valence-corrected chi connectivity index (χ3v) is 2.93. The SMILES string of the molecule is CCNCc1cc(OC)ccc1C1CC1. The molecule has 0 aliphatic heterocycles. The highest BCUT2D eigenvalue weighted by atomic mass is 16.5. The number of ether oxygens (including phenoxy) is 1. The van der Waals surface area contributed by atoms with Crippen LogP contribution in [0.5, 0.6) is 5.75 Å². The predicted octanol–water partition coefficient (Wildman–Crippen LogP) is 2.68. The van der Waals surface area contributed by atoms with Crippen molar-refractivity contribution in [3.05, 3.63) is 29.3 Å². The first-order valence-corrected chi connectivity index (χ1v) is 5.72. The van der Waals surface area contributed by atoms with Gasteiger partial charge >= 0.3 is 0 Å². The lowest BCUT2D eigenvalue weighted by molar-refractivity contribution is 0.414. The molecular formula is C13H19NO. The van der Waals surface area contributed by atoms with Crippen LogP contribution in [0.1, 0.15) is 36.8 Å². The second-order valence-electron chi connectivity index (χ2n) is 4.12. The van der Waals surface area contributed by atoms with Crippen molar-refractivity contribution in [1.82, 2.24) is 5.32 Å². The Labute approximate surface area is 91.6 Å². The van der Waals surface area contributed by atoms with E-state index >= 15 is 0 Å². The summed E-state index contributed by atoms with van der Waals surface area (Å²) in [4.78, 5) is 0. The molecule has 1 saturated carbocycles. The lowest BCUT2D eigenvalue weighted by Gasteiger charge is -2.11. The van der Waals surface area contributed by atoms with Gasteiger partial charge in [0.1, 0.15) is 5.75 Å². The lowest BCUT2D eigenvalue weighted by Crippen LogP contribution is -2.13. The average Bonchev–Trinajstić information content (AvgIpc) is 3.09. The molecule has 0 radical (unpaired) electrons. The van der Waals surface area contributed by atoms with Crippen LogP contribution in [0.25, 0.3) is 0 Å². The van der Waals surface area contributed by atoms with Gasteiger partial charge in [0.25, 0.3) is 0 Å². The number of hydrogen-bond donors (Lipinski definition) is 1. The lowest BCUT2D eigenvalue weighted by atomic mass is 10.0. The van der Waals surface area contributed by atoms with Crippen LogP contribution in [-0.2, 0) is 6.54 Å². The Bertz CT molecular complexity index is 331. The first-order chi connectivity index (χ1) is 7.35. The third kappa shape index (κ3) is 2.51. The van der Waals surface area contributed by atoms with Crippen LogP contribution in [0.3, 0.4) is 0 Å². The van der Waals surface area contributed by atoms with Crippen molar-refractivity contribution in [3.8, 4) is 5.75 Å². The fourth-order valence-corrected chi connectivity index (χ4v) is 1.91. The molecule has 1 N–H and O–H groups in total. The number of rotatable bonds is 5. The van der Waals surface area contributed by atoms with Crippen molar-refractivity contribution >= 4 is 0 Å². The molecule has 82 valence electrons. The fourth-order valence-electron chi connectivity index (χ4n) is 1.91. The fraction of sp³-hybridized carbons (Fsp3) is 0.538. The third-order valence-electron chi connectivity index (χ3n) is 2.93. The Morgan fingerprint density at radius 1 is 1.40 bits per heavy atom. The highest BCUT2D eigenvalue weighted by molar-refractivity contribution is 5.39. The first-order valence-electron chi connectivity index (χ1n) is 5.72. The molecule has 1 aromatic carbocycles. The summed E-state index contributed by atoms with van der Waals surface area (Å²) in [5, 5.41) is 3.38. The molecule has 0 saturated heterocycles. The van der Waals surface area contributed by atoms with Crippen LogP contribution in [0.15, 0.2) is 18.2 Å². The zero-order valence-corrected chi connectivity index (χ0v) is 9.55. The molecule has 0 heterocycles. The van der Waals surface area contributed by atoms with E-state index in [1.54, 1.807) is 7.11 Å². The van der Waals surface area contributed by atoms with Gasteiger partial charge in [-0.2, -0.15) is 0 Å². The summed E-state index contributed by atoms with van der Waals surface area (Å²) < 4.78 is 5.26. The number of benzene rings is 1. The minimum Gasteiger partial charge on any atom is -0.497 e. The molecule has 1 aromatic rings. The predicted molar refractivity (Wildman–Crippen MR) is 62.3 cm³/mol. The van der Waals surface area contributed by atoms with Gasteiger partial charge in [0.2, 0.25) is 0 Å². The molecule has 0 bridgehead atoms. The van der Waals surface area contributed by atoms with Gasteiger partial charge in [-0.1, -0.05) is 13.0 Å². The van der Waals surface area contributed by atoms with Gasteiger partial charge in [0.15, 0.2) is 0 Å². The van der Waals surface area contributed by atoms with Crippen LogP contribution in [0.4, 0.5) is 0 Å². The van der Waals surface area contributed by atoms with Crippen molar-refractivity contribution in [3.63, 3.8) is 0 Å². The zero-order chi connectivity index (χ0) is 10.7. The summed E-state index contributed by atoms with van der Waals surface area (Å²) in [7, 11) is 1.73. The van der Waals surface area contributed by atoms with E-state index in [1.807, 2.05) is 0 Å². The van der Waals surface area contributed by atoms with Crippen LogP contribution in [0.2, 0.25) is 0 Å². The number of methoxy groups -OCH3 is 1. The van der Waals surface area contributed by atoms with Crippen molar-refractivity contribution in [2.45, 2.75) is 32.2 Å². The molecule has 0 aromatic heterocycles. The van der Waals surface area contributed by atoms with Gasteiger partial charge in [-0.05, 0) is 48.6 Å². The summed E-state index contributed by atoms with van der Waals surface area (Å²) in [6, 6.07) is 6.46. The van der Waals surface area contributed by atoms with Crippen molar-refractivity contribution < 1.29 is 4.74 Å². The molecule has 0 unspecified atom stereocenters. The topological polar surface area (TPSA) is 21.3 Å². The molecule has 0 spiro atoms. The maximum Gasteiger partial charge on any atom is 0.119 e. The molecule has 0 atom stereocenters.